The molecule has 1 saturated heterocycles. The molecule has 0 aromatic carbocycles. The second-order valence-electron chi connectivity index (χ2n) is 3.61. The van der Waals surface area contributed by atoms with Gasteiger partial charge in [-0.3, -0.25) is 14.7 Å². The van der Waals surface area contributed by atoms with E-state index in [9.17, 15) is 9.59 Å². The molecule has 3 N–H and O–H groups in total. The Labute approximate surface area is 86.4 Å². The maximum absolute atomic E-state index is 11.9. The van der Waals surface area contributed by atoms with Gasteiger partial charge < -0.3 is 10.6 Å². The standard InChI is InChI=1S/C9H12N4O2/c1-5-6(4-11-12-5)9(15)13-3-2-7(13)8(10)14/h4,7H,2-3H2,1H3,(H2,10,14)(H,11,12). The SMILES string of the molecule is Cc1[nH]ncc1C(=O)N1CCC1C(N)=O. The van der Waals surface area contributed by atoms with Gasteiger partial charge in [-0.2, -0.15) is 5.10 Å². The van der Waals surface area contributed by atoms with Gasteiger partial charge in [0.1, 0.15) is 6.04 Å². The molecular formula is C9H12N4O2. The van der Waals surface area contributed by atoms with E-state index in [1.54, 1.807) is 6.92 Å². The number of rotatable bonds is 2. The fourth-order valence-electron chi connectivity index (χ4n) is 1.65. The first-order valence-electron chi connectivity index (χ1n) is 4.71. The Morgan fingerprint density at radius 2 is 2.40 bits per heavy atom. The van der Waals surface area contributed by atoms with Crippen LogP contribution in [0.4, 0.5) is 0 Å². The van der Waals surface area contributed by atoms with Gasteiger partial charge in [0.05, 0.1) is 11.8 Å². The first-order valence-corrected chi connectivity index (χ1v) is 4.71. The maximum Gasteiger partial charge on any atom is 0.257 e. The van der Waals surface area contributed by atoms with Gasteiger partial charge in [0, 0.05) is 12.2 Å². The van der Waals surface area contributed by atoms with Crippen molar-refractivity contribution in [2.75, 3.05) is 6.54 Å². The highest BCUT2D eigenvalue weighted by atomic mass is 16.2. The summed E-state index contributed by atoms with van der Waals surface area (Å²) in [5, 5.41) is 6.45. The first kappa shape index (κ1) is 9.70. The number of primary amides is 1. The molecule has 2 amide bonds. The number of likely N-dealkylation sites (tertiary alicyclic amines) is 1. The summed E-state index contributed by atoms with van der Waals surface area (Å²) < 4.78 is 0. The van der Waals surface area contributed by atoms with Crippen LogP contribution in [0.15, 0.2) is 6.20 Å². The van der Waals surface area contributed by atoms with Crippen LogP contribution >= 0.6 is 0 Å². The molecular weight excluding hydrogens is 196 g/mol. The molecule has 1 aliphatic heterocycles. The van der Waals surface area contributed by atoms with Gasteiger partial charge in [-0.15, -0.1) is 0 Å². The third-order valence-corrected chi connectivity index (χ3v) is 2.67. The molecule has 1 fully saturated rings. The molecule has 6 nitrogen and oxygen atoms in total. The summed E-state index contributed by atoms with van der Waals surface area (Å²) in [6, 6.07) is -0.452. The van der Waals surface area contributed by atoms with Crippen molar-refractivity contribution >= 4 is 11.8 Å². The average Bonchev–Trinajstić information content (AvgIpc) is 2.47. The molecule has 1 aliphatic rings. The zero-order valence-corrected chi connectivity index (χ0v) is 8.36. The Morgan fingerprint density at radius 1 is 1.67 bits per heavy atom. The summed E-state index contributed by atoms with van der Waals surface area (Å²) in [6.45, 7) is 2.34. The molecule has 1 aromatic heterocycles. The van der Waals surface area contributed by atoms with E-state index < -0.39 is 11.9 Å². The van der Waals surface area contributed by atoms with Crippen LogP contribution in [0.5, 0.6) is 0 Å². The van der Waals surface area contributed by atoms with Crippen LogP contribution in [0.2, 0.25) is 0 Å². The number of nitrogens with zero attached hydrogens (tertiary/aromatic N) is 2. The minimum absolute atomic E-state index is 0.184. The number of aryl methyl sites for hydroxylation is 1. The van der Waals surface area contributed by atoms with Crippen LogP contribution < -0.4 is 5.73 Å². The molecule has 2 rings (SSSR count). The Hall–Kier alpha value is -1.85. The molecule has 6 heteroatoms. The minimum atomic E-state index is -0.452. The highest BCUT2D eigenvalue weighted by Gasteiger charge is 2.37. The first-order chi connectivity index (χ1) is 7.11. The minimum Gasteiger partial charge on any atom is -0.368 e. The monoisotopic (exact) mass is 208 g/mol. The number of H-pyrrole nitrogens is 1. The van der Waals surface area contributed by atoms with Gasteiger partial charge in [0.25, 0.3) is 5.91 Å². The van der Waals surface area contributed by atoms with Crippen molar-refractivity contribution in [3.05, 3.63) is 17.5 Å². The largest absolute Gasteiger partial charge is 0.368 e. The van der Waals surface area contributed by atoms with Gasteiger partial charge in [0.15, 0.2) is 0 Å². The number of nitrogens with two attached hydrogens (primary N) is 1. The van der Waals surface area contributed by atoms with Crippen molar-refractivity contribution in [2.24, 2.45) is 5.73 Å². The van der Waals surface area contributed by atoms with Crippen LogP contribution in [0.25, 0.3) is 0 Å². The van der Waals surface area contributed by atoms with Crippen LogP contribution in [0.1, 0.15) is 22.5 Å². The summed E-state index contributed by atoms with van der Waals surface area (Å²) in [7, 11) is 0. The normalized spacial score (nSPS) is 19.8. The van der Waals surface area contributed by atoms with Crippen molar-refractivity contribution in [3.8, 4) is 0 Å². The number of aromatic nitrogens is 2. The predicted octanol–water partition coefficient (Wildman–Crippen LogP) is -0.582. The van der Waals surface area contributed by atoms with Crippen molar-refractivity contribution in [3.63, 3.8) is 0 Å². The molecule has 0 saturated carbocycles. The lowest BCUT2D eigenvalue weighted by atomic mass is 10.0. The lowest BCUT2D eigenvalue weighted by molar-refractivity contribution is -0.125. The molecule has 80 valence electrons. The Bertz CT molecular complexity index is 412. The number of nitrogens with one attached hydrogen (secondary N) is 1. The fraction of sp³-hybridized carbons (Fsp3) is 0.444. The maximum atomic E-state index is 11.9. The Kier molecular flexibility index (Phi) is 2.18. The second kappa shape index (κ2) is 3.38. The number of hydrogen-bond donors (Lipinski definition) is 2. The lowest BCUT2D eigenvalue weighted by Gasteiger charge is -2.38. The zero-order chi connectivity index (χ0) is 11.0. The fourth-order valence-corrected chi connectivity index (χ4v) is 1.65. The van der Waals surface area contributed by atoms with Gasteiger partial charge in [0.2, 0.25) is 5.91 Å². The molecule has 0 radical (unpaired) electrons. The van der Waals surface area contributed by atoms with Crippen LogP contribution in [0, 0.1) is 6.92 Å². The zero-order valence-electron chi connectivity index (χ0n) is 8.36. The highest BCUT2D eigenvalue weighted by Crippen LogP contribution is 2.20. The van der Waals surface area contributed by atoms with Crippen LogP contribution in [-0.2, 0) is 4.79 Å². The van der Waals surface area contributed by atoms with E-state index in [2.05, 4.69) is 10.2 Å². The molecule has 1 atom stereocenters. The number of carbonyl (C=O) groups is 2. The van der Waals surface area contributed by atoms with Crippen molar-refractivity contribution in [1.82, 2.24) is 15.1 Å². The summed E-state index contributed by atoms with van der Waals surface area (Å²) in [6.07, 6.45) is 2.12. The number of aromatic amines is 1. The van der Waals surface area contributed by atoms with E-state index in [-0.39, 0.29) is 5.91 Å². The summed E-state index contributed by atoms with van der Waals surface area (Å²) in [5.74, 6) is -0.632. The van der Waals surface area contributed by atoms with Crippen molar-refractivity contribution in [1.29, 1.82) is 0 Å². The van der Waals surface area contributed by atoms with Crippen molar-refractivity contribution < 1.29 is 9.59 Å². The lowest BCUT2D eigenvalue weighted by Crippen LogP contribution is -2.57. The Balaban J connectivity index is 2.16. The molecule has 15 heavy (non-hydrogen) atoms. The molecule has 1 unspecified atom stereocenters. The van der Waals surface area contributed by atoms with Gasteiger partial charge >= 0.3 is 0 Å². The topological polar surface area (TPSA) is 92.1 Å². The average molecular weight is 208 g/mol. The third-order valence-electron chi connectivity index (χ3n) is 2.67. The second-order valence-corrected chi connectivity index (χ2v) is 3.61. The highest BCUT2D eigenvalue weighted by molar-refractivity contribution is 5.98. The van der Waals surface area contributed by atoms with E-state index in [4.69, 9.17) is 5.73 Å². The van der Waals surface area contributed by atoms with E-state index >= 15 is 0 Å². The van der Waals surface area contributed by atoms with E-state index in [1.807, 2.05) is 0 Å². The number of carbonyl (C=O) groups excluding carboxylic acids is 2. The van der Waals surface area contributed by atoms with Gasteiger partial charge in [-0.1, -0.05) is 0 Å². The van der Waals surface area contributed by atoms with E-state index in [0.717, 1.165) is 0 Å². The number of amides is 2. The van der Waals surface area contributed by atoms with Gasteiger partial charge in [-0.25, -0.2) is 0 Å². The summed E-state index contributed by atoms with van der Waals surface area (Å²) in [5.41, 5.74) is 6.37. The number of hydrogen-bond acceptors (Lipinski definition) is 3. The molecule has 0 aliphatic carbocycles. The Morgan fingerprint density at radius 3 is 2.80 bits per heavy atom. The van der Waals surface area contributed by atoms with Crippen LogP contribution in [-0.4, -0.2) is 39.5 Å². The smallest absolute Gasteiger partial charge is 0.257 e. The predicted molar refractivity (Wildman–Crippen MR) is 52.0 cm³/mol. The third kappa shape index (κ3) is 1.47. The summed E-state index contributed by atoms with van der Waals surface area (Å²) >= 11 is 0. The van der Waals surface area contributed by atoms with Crippen molar-refractivity contribution in [2.45, 2.75) is 19.4 Å². The quantitative estimate of drug-likeness (QED) is 0.680. The molecule has 1 aromatic rings. The van der Waals surface area contributed by atoms with E-state index in [1.165, 1.54) is 11.1 Å². The molecule has 0 spiro atoms. The van der Waals surface area contributed by atoms with Crippen LogP contribution in [0.3, 0.4) is 0 Å². The molecule has 0 bridgehead atoms. The molecule has 2 heterocycles. The van der Waals surface area contributed by atoms with Gasteiger partial charge in [-0.05, 0) is 13.3 Å². The van der Waals surface area contributed by atoms with E-state index in [0.29, 0.717) is 24.2 Å². The summed E-state index contributed by atoms with van der Waals surface area (Å²) in [4.78, 5) is 24.3.